The predicted octanol–water partition coefficient (Wildman–Crippen LogP) is -0.792. The van der Waals surface area contributed by atoms with Gasteiger partial charge in [0, 0.05) is 29.4 Å². The minimum absolute atomic E-state index is 0.377. The molecule has 0 radical (unpaired) electrons. The molecular formula is C8H11N5O2S. The first-order valence-electron chi connectivity index (χ1n) is 4.65. The molecule has 7 nitrogen and oxygen atoms in total. The molecule has 1 atom stereocenters. The van der Waals surface area contributed by atoms with Crippen LogP contribution in [0.3, 0.4) is 0 Å². The van der Waals surface area contributed by atoms with Crippen LogP contribution in [0.15, 0.2) is 16.9 Å². The van der Waals surface area contributed by atoms with Gasteiger partial charge in [0.2, 0.25) is 0 Å². The molecule has 2 N–H and O–H groups in total. The van der Waals surface area contributed by atoms with Crippen molar-refractivity contribution in [3.8, 4) is 0 Å². The van der Waals surface area contributed by atoms with Crippen LogP contribution in [-0.2, 0) is 10.8 Å². The van der Waals surface area contributed by atoms with Gasteiger partial charge >= 0.3 is 5.69 Å². The van der Waals surface area contributed by atoms with Gasteiger partial charge in [-0.15, -0.1) is 5.10 Å². The Morgan fingerprint density at radius 2 is 2.38 bits per heavy atom. The Morgan fingerprint density at radius 3 is 3.12 bits per heavy atom. The largest absolute Gasteiger partial charge is 0.368 e. The number of hydrogen-bond acceptors (Lipinski definition) is 5. The lowest BCUT2D eigenvalue weighted by atomic mass is 10.5. The Kier molecular flexibility index (Phi) is 3.00. The molecule has 0 amide bonds. The van der Waals surface area contributed by atoms with E-state index in [0.29, 0.717) is 23.8 Å². The number of aromatic amines is 1. The van der Waals surface area contributed by atoms with Crippen LogP contribution in [-0.4, -0.2) is 42.6 Å². The van der Waals surface area contributed by atoms with Crippen LogP contribution < -0.4 is 11.0 Å². The maximum atomic E-state index is 11.2. The summed E-state index contributed by atoms with van der Waals surface area (Å²) in [5.74, 6) is 1.10. The number of anilines is 1. The summed E-state index contributed by atoms with van der Waals surface area (Å²) in [7, 11) is -0.840. The SMILES string of the molecule is CS(=O)CCNc1ccc2n[nH]c(=O)n2n1. The molecule has 0 aliphatic heterocycles. The summed E-state index contributed by atoms with van der Waals surface area (Å²) in [6.07, 6.45) is 1.64. The molecule has 0 bridgehead atoms. The van der Waals surface area contributed by atoms with E-state index in [0.717, 1.165) is 0 Å². The van der Waals surface area contributed by atoms with Crippen molar-refractivity contribution >= 4 is 22.3 Å². The summed E-state index contributed by atoms with van der Waals surface area (Å²) in [4.78, 5) is 11.2. The molecular weight excluding hydrogens is 230 g/mol. The highest BCUT2D eigenvalue weighted by molar-refractivity contribution is 7.84. The van der Waals surface area contributed by atoms with Crippen molar-refractivity contribution < 1.29 is 4.21 Å². The number of fused-ring (bicyclic) bond motifs is 1. The van der Waals surface area contributed by atoms with Crippen LogP contribution >= 0.6 is 0 Å². The first-order chi connectivity index (χ1) is 7.66. The molecule has 2 rings (SSSR count). The number of H-pyrrole nitrogens is 1. The van der Waals surface area contributed by atoms with E-state index >= 15 is 0 Å². The minimum atomic E-state index is -0.840. The van der Waals surface area contributed by atoms with Crippen molar-refractivity contribution in [3.63, 3.8) is 0 Å². The molecule has 16 heavy (non-hydrogen) atoms. The maximum Gasteiger partial charge on any atom is 0.364 e. The topological polar surface area (TPSA) is 92.1 Å². The lowest BCUT2D eigenvalue weighted by molar-refractivity contribution is 0.687. The monoisotopic (exact) mass is 241 g/mol. The van der Waals surface area contributed by atoms with Gasteiger partial charge in [-0.25, -0.2) is 9.89 Å². The number of nitrogens with one attached hydrogen (secondary N) is 2. The quantitative estimate of drug-likeness (QED) is 0.731. The fourth-order valence-electron chi connectivity index (χ4n) is 1.22. The molecule has 0 aromatic carbocycles. The zero-order valence-electron chi connectivity index (χ0n) is 8.64. The normalized spacial score (nSPS) is 12.8. The number of rotatable bonds is 4. The number of nitrogens with zero attached hydrogens (tertiary/aromatic N) is 3. The fraction of sp³-hybridized carbons (Fsp3) is 0.375. The van der Waals surface area contributed by atoms with E-state index in [-0.39, 0.29) is 5.69 Å². The van der Waals surface area contributed by atoms with Crippen molar-refractivity contribution in [1.82, 2.24) is 19.8 Å². The van der Waals surface area contributed by atoms with E-state index in [1.807, 2.05) is 0 Å². The van der Waals surface area contributed by atoms with Gasteiger partial charge in [0.25, 0.3) is 0 Å². The lowest BCUT2D eigenvalue weighted by Crippen LogP contribution is -2.16. The highest BCUT2D eigenvalue weighted by atomic mass is 32.2. The number of hydrogen-bond donors (Lipinski definition) is 2. The molecule has 0 saturated heterocycles. The Bertz CT molecular complexity index is 575. The van der Waals surface area contributed by atoms with Gasteiger partial charge < -0.3 is 5.32 Å². The van der Waals surface area contributed by atoms with Gasteiger partial charge in [-0.05, 0) is 12.1 Å². The van der Waals surface area contributed by atoms with Crippen molar-refractivity contribution in [3.05, 3.63) is 22.6 Å². The van der Waals surface area contributed by atoms with E-state index in [2.05, 4.69) is 20.6 Å². The highest BCUT2D eigenvalue weighted by Crippen LogP contribution is 2.01. The van der Waals surface area contributed by atoms with Crippen LogP contribution in [0.1, 0.15) is 0 Å². The molecule has 0 saturated carbocycles. The lowest BCUT2D eigenvalue weighted by Gasteiger charge is -2.03. The summed E-state index contributed by atoms with van der Waals surface area (Å²) in [5.41, 5.74) is 0.0901. The minimum Gasteiger partial charge on any atom is -0.368 e. The van der Waals surface area contributed by atoms with Gasteiger partial charge in [-0.3, -0.25) is 4.21 Å². The molecule has 0 aliphatic rings. The van der Waals surface area contributed by atoms with Crippen LogP contribution in [0.4, 0.5) is 5.82 Å². The Hall–Kier alpha value is -1.70. The molecule has 2 aromatic heterocycles. The molecule has 0 spiro atoms. The third kappa shape index (κ3) is 2.27. The van der Waals surface area contributed by atoms with Crippen molar-refractivity contribution in [2.24, 2.45) is 0 Å². The van der Waals surface area contributed by atoms with Crippen LogP contribution in [0.25, 0.3) is 5.65 Å². The third-order valence-corrected chi connectivity index (χ3v) is 2.75. The van der Waals surface area contributed by atoms with Gasteiger partial charge in [-0.2, -0.15) is 9.61 Å². The standard InChI is InChI=1S/C8H11N5O2S/c1-16(15)5-4-9-6-2-3-7-10-11-8(14)13(7)12-6/h2-3H,4-5H2,1H3,(H,9,12)(H,11,14). The van der Waals surface area contributed by atoms with Crippen LogP contribution in [0.2, 0.25) is 0 Å². The second-order valence-electron chi connectivity index (χ2n) is 3.22. The average molecular weight is 241 g/mol. The summed E-state index contributed by atoms with van der Waals surface area (Å²) in [6, 6.07) is 3.39. The predicted molar refractivity (Wildman–Crippen MR) is 61.0 cm³/mol. The highest BCUT2D eigenvalue weighted by Gasteiger charge is 2.02. The van der Waals surface area contributed by atoms with E-state index < -0.39 is 10.8 Å². The van der Waals surface area contributed by atoms with Crippen molar-refractivity contribution in [1.29, 1.82) is 0 Å². The van der Waals surface area contributed by atoms with Crippen LogP contribution in [0, 0.1) is 0 Å². The summed E-state index contributed by atoms with van der Waals surface area (Å²) >= 11 is 0. The zero-order chi connectivity index (χ0) is 11.5. The second-order valence-corrected chi connectivity index (χ2v) is 4.78. The summed E-state index contributed by atoms with van der Waals surface area (Å²) in [5, 5.41) is 13.1. The second kappa shape index (κ2) is 4.44. The average Bonchev–Trinajstić information content (AvgIpc) is 2.60. The van der Waals surface area contributed by atoms with Crippen molar-refractivity contribution in [2.75, 3.05) is 23.9 Å². The molecule has 0 fully saturated rings. The summed E-state index contributed by atoms with van der Waals surface area (Å²) in [6.45, 7) is 0.550. The van der Waals surface area contributed by atoms with Gasteiger partial charge in [0.15, 0.2) is 5.65 Å². The first kappa shape index (κ1) is 10.8. The molecule has 2 heterocycles. The molecule has 0 aliphatic carbocycles. The van der Waals surface area contributed by atoms with Crippen LogP contribution in [0.5, 0.6) is 0 Å². The Morgan fingerprint density at radius 1 is 1.56 bits per heavy atom. The van der Waals surface area contributed by atoms with E-state index in [4.69, 9.17) is 0 Å². The maximum absolute atomic E-state index is 11.2. The molecule has 1 unspecified atom stereocenters. The van der Waals surface area contributed by atoms with Crippen molar-refractivity contribution in [2.45, 2.75) is 0 Å². The van der Waals surface area contributed by atoms with E-state index in [1.165, 1.54) is 4.52 Å². The van der Waals surface area contributed by atoms with E-state index in [9.17, 15) is 9.00 Å². The smallest absolute Gasteiger partial charge is 0.364 e. The zero-order valence-corrected chi connectivity index (χ0v) is 9.45. The Labute approximate surface area is 93.3 Å². The fourth-order valence-corrected chi connectivity index (χ4v) is 1.61. The van der Waals surface area contributed by atoms with Gasteiger partial charge in [0.1, 0.15) is 5.82 Å². The number of aromatic nitrogens is 4. The first-order valence-corrected chi connectivity index (χ1v) is 6.38. The third-order valence-electron chi connectivity index (χ3n) is 1.97. The van der Waals surface area contributed by atoms with Gasteiger partial charge in [-0.1, -0.05) is 0 Å². The molecule has 86 valence electrons. The Balaban J connectivity index is 2.16. The summed E-state index contributed by atoms with van der Waals surface area (Å²) < 4.78 is 12.0. The van der Waals surface area contributed by atoms with Gasteiger partial charge in [0.05, 0.1) is 0 Å². The molecule has 2 aromatic rings. The van der Waals surface area contributed by atoms with E-state index in [1.54, 1.807) is 18.4 Å². The molecule has 8 heteroatoms.